The van der Waals surface area contributed by atoms with Crippen molar-refractivity contribution in [1.29, 1.82) is 0 Å². The summed E-state index contributed by atoms with van der Waals surface area (Å²) in [7, 11) is 1.40. The van der Waals surface area contributed by atoms with Crippen LogP contribution in [-0.4, -0.2) is 38.7 Å². The van der Waals surface area contributed by atoms with Gasteiger partial charge in [0.1, 0.15) is 0 Å². The number of amides is 1. The predicted molar refractivity (Wildman–Crippen MR) is 71.6 cm³/mol. The molecule has 110 valence electrons. The van der Waals surface area contributed by atoms with Crippen molar-refractivity contribution >= 4 is 11.9 Å². The predicted octanol–water partition coefficient (Wildman–Crippen LogP) is 1.51. The number of nitrogens with one attached hydrogen (secondary N) is 1. The largest absolute Gasteiger partial charge is 0.469 e. The number of ether oxygens (including phenoxy) is 2. The molecule has 1 fully saturated rings. The van der Waals surface area contributed by atoms with E-state index in [4.69, 9.17) is 4.74 Å². The number of esters is 1. The fourth-order valence-corrected chi connectivity index (χ4v) is 2.29. The molecule has 1 heterocycles. The highest BCUT2D eigenvalue weighted by atomic mass is 16.5. The minimum Gasteiger partial charge on any atom is -0.469 e. The molecule has 1 N–H and O–H groups in total. The first-order valence-corrected chi connectivity index (χ1v) is 7.07. The summed E-state index contributed by atoms with van der Waals surface area (Å²) in [5, 5.41) is 2.97. The fourth-order valence-electron chi connectivity index (χ4n) is 2.29. The molecule has 2 unspecified atom stereocenters. The van der Waals surface area contributed by atoms with E-state index in [1.807, 2.05) is 0 Å². The van der Waals surface area contributed by atoms with Crippen LogP contribution in [0.3, 0.4) is 0 Å². The third kappa shape index (κ3) is 6.05. The molecule has 1 aliphatic heterocycles. The zero-order valence-corrected chi connectivity index (χ0v) is 11.9. The average Bonchev–Trinajstić information content (AvgIpc) is 2.42. The molecule has 0 bridgehead atoms. The molecule has 0 aromatic rings. The van der Waals surface area contributed by atoms with Gasteiger partial charge >= 0.3 is 5.97 Å². The van der Waals surface area contributed by atoms with Crippen LogP contribution < -0.4 is 5.32 Å². The number of unbranched alkanes of at least 4 members (excludes halogenated alkanes) is 2. The van der Waals surface area contributed by atoms with Crippen LogP contribution in [0.1, 0.15) is 39.0 Å². The molecule has 0 aliphatic carbocycles. The van der Waals surface area contributed by atoms with Gasteiger partial charge in [-0.25, -0.2) is 0 Å². The van der Waals surface area contributed by atoms with Crippen molar-refractivity contribution in [3.8, 4) is 0 Å². The zero-order chi connectivity index (χ0) is 14.1. The molecule has 0 aromatic carbocycles. The quantitative estimate of drug-likeness (QED) is 0.563. The minimum absolute atomic E-state index is 0.0869. The number of carbonyl (C=O) groups is 2. The van der Waals surface area contributed by atoms with Crippen molar-refractivity contribution in [3.63, 3.8) is 0 Å². The van der Waals surface area contributed by atoms with Gasteiger partial charge < -0.3 is 14.8 Å². The molecule has 1 saturated heterocycles. The van der Waals surface area contributed by atoms with Crippen LogP contribution >= 0.6 is 0 Å². The van der Waals surface area contributed by atoms with Crippen LogP contribution in [0.4, 0.5) is 0 Å². The van der Waals surface area contributed by atoms with Crippen LogP contribution in [0.2, 0.25) is 0 Å². The molecule has 1 aliphatic rings. The van der Waals surface area contributed by atoms with E-state index < -0.39 is 0 Å². The van der Waals surface area contributed by atoms with Crippen LogP contribution in [0, 0.1) is 11.8 Å². The standard InChI is InChI=1S/C14H25NO4/c1-11-10-19-9-7-12(11)14(17)15-8-5-3-4-6-13(16)18-2/h11-12H,3-10H2,1-2H3,(H,15,17). The molecule has 19 heavy (non-hydrogen) atoms. The summed E-state index contributed by atoms with van der Waals surface area (Å²) >= 11 is 0. The molecule has 0 saturated carbocycles. The van der Waals surface area contributed by atoms with E-state index in [0.29, 0.717) is 32.1 Å². The summed E-state index contributed by atoms with van der Waals surface area (Å²) < 4.78 is 9.89. The van der Waals surface area contributed by atoms with Gasteiger partial charge in [0, 0.05) is 32.1 Å². The third-order valence-electron chi connectivity index (χ3n) is 3.56. The molecular formula is C14H25NO4. The Labute approximate surface area is 115 Å². The van der Waals surface area contributed by atoms with Crippen LogP contribution in [-0.2, 0) is 19.1 Å². The van der Waals surface area contributed by atoms with Crippen LogP contribution in [0.25, 0.3) is 0 Å². The molecule has 0 spiro atoms. The Bertz CT molecular complexity index is 293. The maximum atomic E-state index is 12.0. The Morgan fingerprint density at radius 2 is 2.11 bits per heavy atom. The van der Waals surface area contributed by atoms with Crippen molar-refractivity contribution < 1.29 is 19.1 Å². The monoisotopic (exact) mass is 271 g/mol. The van der Waals surface area contributed by atoms with Crippen molar-refractivity contribution in [2.75, 3.05) is 26.9 Å². The van der Waals surface area contributed by atoms with E-state index >= 15 is 0 Å². The van der Waals surface area contributed by atoms with Gasteiger partial charge in [-0.1, -0.05) is 13.3 Å². The Hall–Kier alpha value is -1.10. The summed E-state index contributed by atoms with van der Waals surface area (Å²) in [6.07, 6.45) is 3.92. The van der Waals surface area contributed by atoms with E-state index in [9.17, 15) is 9.59 Å². The van der Waals surface area contributed by atoms with Crippen molar-refractivity contribution in [2.24, 2.45) is 11.8 Å². The highest BCUT2D eigenvalue weighted by Crippen LogP contribution is 2.21. The number of hydrogen-bond acceptors (Lipinski definition) is 4. The molecule has 0 radical (unpaired) electrons. The highest BCUT2D eigenvalue weighted by Gasteiger charge is 2.27. The second kappa shape index (κ2) is 8.91. The van der Waals surface area contributed by atoms with Gasteiger partial charge in [-0.3, -0.25) is 9.59 Å². The molecule has 5 heteroatoms. The Morgan fingerprint density at radius 3 is 2.79 bits per heavy atom. The maximum Gasteiger partial charge on any atom is 0.305 e. The number of hydrogen-bond donors (Lipinski definition) is 1. The second-order valence-corrected chi connectivity index (χ2v) is 5.13. The van der Waals surface area contributed by atoms with Gasteiger partial charge in [-0.2, -0.15) is 0 Å². The number of rotatable bonds is 7. The first kappa shape index (κ1) is 16.0. The fraction of sp³-hybridized carbons (Fsp3) is 0.857. The maximum absolute atomic E-state index is 12.0. The van der Waals surface area contributed by atoms with Crippen molar-refractivity contribution in [2.45, 2.75) is 39.0 Å². The third-order valence-corrected chi connectivity index (χ3v) is 3.56. The van der Waals surface area contributed by atoms with E-state index in [1.165, 1.54) is 7.11 Å². The van der Waals surface area contributed by atoms with Crippen LogP contribution in [0.5, 0.6) is 0 Å². The van der Waals surface area contributed by atoms with Gasteiger partial charge in [0.05, 0.1) is 7.11 Å². The van der Waals surface area contributed by atoms with E-state index in [1.54, 1.807) is 0 Å². The lowest BCUT2D eigenvalue weighted by molar-refractivity contribution is -0.140. The van der Waals surface area contributed by atoms with Gasteiger partial charge in [-0.15, -0.1) is 0 Å². The SMILES string of the molecule is COC(=O)CCCCCNC(=O)C1CCOCC1C. The second-order valence-electron chi connectivity index (χ2n) is 5.13. The lowest BCUT2D eigenvalue weighted by Crippen LogP contribution is -2.39. The molecule has 1 amide bonds. The highest BCUT2D eigenvalue weighted by molar-refractivity contribution is 5.78. The number of methoxy groups -OCH3 is 1. The number of carbonyl (C=O) groups excluding carboxylic acids is 2. The van der Waals surface area contributed by atoms with Crippen molar-refractivity contribution in [3.05, 3.63) is 0 Å². The van der Waals surface area contributed by atoms with E-state index in [2.05, 4.69) is 17.0 Å². The molecule has 1 rings (SSSR count). The summed E-state index contributed by atoms with van der Waals surface area (Å²) in [5.41, 5.74) is 0. The summed E-state index contributed by atoms with van der Waals surface area (Å²) in [6.45, 7) is 4.10. The Balaban J connectivity index is 2.05. The average molecular weight is 271 g/mol. The Morgan fingerprint density at radius 1 is 1.32 bits per heavy atom. The van der Waals surface area contributed by atoms with Gasteiger partial charge in [0.25, 0.3) is 0 Å². The molecule has 5 nitrogen and oxygen atoms in total. The normalized spacial score (nSPS) is 22.8. The topological polar surface area (TPSA) is 64.6 Å². The molecule has 2 atom stereocenters. The van der Waals surface area contributed by atoms with Crippen molar-refractivity contribution in [1.82, 2.24) is 5.32 Å². The van der Waals surface area contributed by atoms with Gasteiger partial charge in [0.2, 0.25) is 5.91 Å². The lowest BCUT2D eigenvalue weighted by atomic mass is 9.89. The minimum atomic E-state index is -0.167. The van der Waals surface area contributed by atoms with E-state index in [0.717, 1.165) is 25.7 Å². The van der Waals surface area contributed by atoms with Gasteiger partial charge in [-0.05, 0) is 25.2 Å². The van der Waals surface area contributed by atoms with E-state index in [-0.39, 0.29) is 17.8 Å². The summed E-state index contributed by atoms with van der Waals surface area (Å²) in [4.78, 5) is 22.8. The Kier molecular flexibility index (Phi) is 7.48. The smallest absolute Gasteiger partial charge is 0.305 e. The zero-order valence-electron chi connectivity index (χ0n) is 11.9. The van der Waals surface area contributed by atoms with Crippen LogP contribution in [0.15, 0.2) is 0 Å². The lowest BCUT2D eigenvalue weighted by Gasteiger charge is -2.27. The molecule has 0 aromatic heterocycles. The first-order chi connectivity index (χ1) is 9.15. The summed E-state index contributed by atoms with van der Waals surface area (Å²) in [6, 6.07) is 0. The molecular weight excluding hydrogens is 246 g/mol. The summed E-state index contributed by atoms with van der Waals surface area (Å²) in [5.74, 6) is 0.362. The van der Waals surface area contributed by atoms with Gasteiger partial charge in [0.15, 0.2) is 0 Å². The first-order valence-electron chi connectivity index (χ1n) is 7.07.